The Hall–Kier alpha value is -2.70. The third-order valence-electron chi connectivity index (χ3n) is 3.45. The number of rotatable bonds is 7. The van der Waals surface area contributed by atoms with E-state index in [4.69, 9.17) is 0 Å². The minimum Gasteiger partial charge on any atom is -0.349 e. The Kier molecular flexibility index (Phi) is 5.85. The second kappa shape index (κ2) is 8.07. The van der Waals surface area contributed by atoms with Crippen LogP contribution in [0.15, 0.2) is 36.7 Å². The Morgan fingerprint density at radius 2 is 2.00 bits per heavy atom. The van der Waals surface area contributed by atoms with Gasteiger partial charge < -0.3 is 15.2 Å². The van der Waals surface area contributed by atoms with Gasteiger partial charge in [-0.2, -0.15) is 0 Å². The molecule has 2 amide bonds. The van der Waals surface area contributed by atoms with E-state index in [0.717, 1.165) is 12.1 Å². The summed E-state index contributed by atoms with van der Waals surface area (Å²) < 4.78 is 1.86. The van der Waals surface area contributed by atoms with E-state index in [1.54, 1.807) is 6.33 Å². The van der Waals surface area contributed by atoms with Gasteiger partial charge in [0.15, 0.2) is 5.82 Å². The molecule has 1 unspecified atom stereocenters. The molecule has 0 bridgehead atoms. The zero-order valence-electron chi connectivity index (χ0n) is 13.3. The number of hydrogen-bond acceptors (Lipinski definition) is 4. The molecular formula is C16H21N5O2. The number of benzene rings is 1. The molecule has 0 fully saturated rings. The maximum Gasteiger partial charge on any atom is 0.222 e. The van der Waals surface area contributed by atoms with Gasteiger partial charge in [-0.15, -0.1) is 10.2 Å². The molecule has 2 aromatic rings. The molecule has 0 saturated carbocycles. The molecule has 0 saturated heterocycles. The molecule has 1 heterocycles. The number of carbonyl (C=O) groups excluding carboxylic acids is 2. The topological polar surface area (TPSA) is 88.9 Å². The van der Waals surface area contributed by atoms with Gasteiger partial charge in [0.1, 0.15) is 6.33 Å². The van der Waals surface area contributed by atoms with Crippen molar-refractivity contribution in [1.29, 1.82) is 0 Å². The molecule has 7 nitrogen and oxygen atoms in total. The van der Waals surface area contributed by atoms with Crippen LogP contribution in [0.5, 0.6) is 0 Å². The van der Waals surface area contributed by atoms with Crippen LogP contribution in [-0.4, -0.2) is 26.6 Å². The van der Waals surface area contributed by atoms with E-state index < -0.39 is 0 Å². The van der Waals surface area contributed by atoms with Gasteiger partial charge in [-0.3, -0.25) is 9.59 Å². The Labute approximate surface area is 135 Å². The molecule has 0 aliphatic carbocycles. The first kappa shape index (κ1) is 16.7. The maximum atomic E-state index is 12.2. The highest BCUT2D eigenvalue weighted by molar-refractivity contribution is 5.79. The van der Waals surface area contributed by atoms with Crippen LogP contribution in [0.4, 0.5) is 0 Å². The summed E-state index contributed by atoms with van der Waals surface area (Å²) in [6.45, 7) is 4.49. The summed E-state index contributed by atoms with van der Waals surface area (Å²) in [4.78, 5) is 23.6. The lowest BCUT2D eigenvalue weighted by Crippen LogP contribution is -2.32. The predicted molar refractivity (Wildman–Crippen MR) is 85.2 cm³/mol. The summed E-state index contributed by atoms with van der Waals surface area (Å²) in [5, 5.41) is 13.4. The molecule has 1 atom stereocenters. The Bertz CT molecular complexity index is 654. The lowest BCUT2D eigenvalue weighted by molar-refractivity contribution is -0.123. The van der Waals surface area contributed by atoms with E-state index >= 15 is 0 Å². The van der Waals surface area contributed by atoms with E-state index in [9.17, 15) is 9.59 Å². The van der Waals surface area contributed by atoms with Crippen molar-refractivity contribution in [3.05, 3.63) is 48.0 Å². The second-order valence-electron chi connectivity index (χ2n) is 5.18. The van der Waals surface area contributed by atoms with Crippen LogP contribution in [0.3, 0.4) is 0 Å². The van der Waals surface area contributed by atoms with Crippen LogP contribution in [0.25, 0.3) is 0 Å². The maximum absolute atomic E-state index is 12.2. The van der Waals surface area contributed by atoms with Gasteiger partial charge in [-0.1, -0.05) is 30.3 Å². The van der Waals surface area contributed by atoms with E-state index in [2.05, 4.69) is 20.8 Å². The van der Waals surface area contributed by atoms with Crippen molar-refractivity contribution in [3.8, 4) is 0 Å². The molecule has 122 valence electrons. The van der Waals surface area contributed by atoms with E-state index in [1.165, 1.54) is 6.92 Å². The van der Waals surface area contributed by atoms with Gasteiger partial charge in [0.2, 0.25) is 11.8 Å². The van der Waals surface area contributed by atoms with Crippen molar-refractivity contribution in [2.75, 3.05) is 0 Å². The summed E-state index contributed by atoms with van der Waals surface area (Å²) in [7, 11) is 0. The number of aromatic nitrogens is 3. The van der Waals surface area contributed by atoms with E-state index in [1.807, 2.05) is 41.8 Å². The number of carbonyl (C=O) groups is 2. The first-order valence-electron chi connectivity index (χ1n) is 7.55. The number of amides is 2. The smallest absolute Gasteiger partial charge is 0.222 e. The van der Waals surface area contributed by atoms with Crippen LogP contribution >= 0.6 is 0 Å². The summed E-state index contributed by atoms with van der Waals surface area (Å²) in [5.41, 5.74) is 0.898. The van der Waals surface area contributed by atoms with Gasteiger partial charge >= 0.3 is 0 Å². The number of nitrogens with zero attached hydrogens (tertiary/aromatic N) is 3. The molecule has 2 rings (SSSR count). The summed E-state index contributed by atoms with van der Waals surface area (Å²) >= 11 is 0. The van der Waals surface area contributed by atoms with Gasteiger partial charge in [0, 0.05) is 13.5 Å². The molecule has 7 heteroatoms. The van der Waals surface area contributed by atoms with Crippen LogP contribution < -0.4 is 10.6 Å². The third kappa shape index (κ3) is 4.91. The van der Waals surface area contributed by atoms with Crippen molar-refractivity contribution >= 4 is 11.8 Å². The summed E-state index contributed by atoms with van der Waals surface area (Å²) in [6.07, 6.45) is 1.80. The summed E-state index contributed by atoms with van der Waals surface area (Å²) in [5.74, 6) is 0.382. The van der Waals surface area contributed by atoms with Crippen molar-refractivity contribution in [3.63, 3.8) is 0 Å². The van der Waals surface area contributed by atoms with Gasteiger partial charge in [-0.25, -0.2) is 0 Å². The molecular weight excluding hydrogens is 294 g/mol. The lowest BCUT2D eigenvalue weighted by Gasteiger charge is -2.18. The highest BCUT2D eigenvalue weighted by atomic mass is 16.2. The van der Waals surface area contributed by atoms with Crippen molar-refractivity contribution < 1.29 is 9.59 Å². The average Bonchev–Trinajstić information content (AvgIpc) is 3.00. The van der Waals surface area contributed by atoms with E-state index in [-0.39, 0.29) is 24.3 Å². The normalized spacial score (nSPS) is 11.7. The first-order chi connectivity index (χ1) is 11.1. The standard InChI is InChI=1S/C16H21N5O2/c1-3-21-11-18-20-15(21)10-17-16(23)9-14(19-12(2)22)13-7-5-4-6-8-13/h4-8,11,14H,3,9-10H2,1-2H3,(H,17,23)(H,19,22). The quantitative estimate of drug-likeness (QED) is 0.803. The molecule has 0 spiro atoms. The Morgan fingerprint density at radius 1 is 1.26 bits per heavy atom. The van der Waals surface area contributed by atoms with Crippen LogP contribution in [0, 0.1) is 0 Å². The SMILES string of the molecule is CCn1cnnc1CNC(=O)CC(NC(C)=O)c1ccccc1. The zero-order valence-corrected chi connectivity index (χ0v) is 13.3. The molecule has 0 aliphatic rings. The molecule has 0 aliphatic heterocycles. The van der Waals surface area contributed by atoms with Gasteiger partial charge in [0.05, 0.1) is 19.0 Å². The first-order valence-corrected chi connectivity index (χ1v) is 7.55. The predicted octanol–water partition coefficient (Wildman–Crippen LogP) is 1.18. The lowest BCUT2D eigenvalue weighted by atomic mass is 10.0. The average molecular weight is 315 g/mol. The van der Waals surface area contributed by atoms with Crippen molar-refractivity contribution in [2.24, 2.45) is 0 Å². The van der Waals surface area contributed by atoms with Crippen LogP contribution in [0.2, 0.25) is 0 Å². The van der Waals surface area contributed by atoms with Crippen molar-refractivity contribution in [1.82, 2.24) is 25.4 Å². The van der Waals surface area contributed by atoms with Gasteiger partial charge in [-0.05, 0) is 12.5 Å². The second-order valence-corrected chi connectivity index (χ2v) is 5.18. The fraction of sp³-hybridized carbons (Fsp3) is 0.375. The zero-order chi connectivity index (χ0) is 16.7. The Morgan fingerprint density at radius 3 is 2.65 bits per heavy atom. The molecule has 0 radical (unpaired) electrons. The molecule has 1 aromatic carbocycles. The fourth-order valence-electron chi connectivity index (χ4n) is 2.30. The largest absolute Gasteiger partial charge is 0.349 e. The van der Waals surface area contributed by atoms with Crippen LogP contribution in [0.1, 0.15) is 37.7 Å². The third-order valence-corrected chi connectivity index (χ3v) is 3.45. The highest BCUT2D eigenvalue weighted by Crippen LogP contribution is 2.16. The Balaban J connectivity index is 1.96. The molecule has 2 N–H and O–H groups in total. The van der Waals surface area contributed by atoms with E-state index in [0.29, 0.717) is 12.4 Å². The summed E-state index contributed by atoms with van der Waals surface area (Å²) in [6, 6.07) is 9.09. The highest BCUT2D eigenvalue weighted by Gasteiger charge is 2.17. The number of nitrogens with one attached hydrogen (secondary N) is 2. The van der Waals surface area contributed by atoms with Crippen LogP contribution in [-0.2, 0) is 22.7 Å². The monoisotopic (exact) mass is 315 g/mol. The number of hydrogen-bond donors (Lipinski definition) is 2. The molecule has 1 aromatic heterocycles. The number of aryl methyl sites for hydroxylation is 1. The van der Waals surface area contributed by atoms with Gasteiger partial charge in [0.25, 0.3) is 0 Å². The van der Waals surface area contributed by atoms with Crippen molar-refractivity contribution in [2.45, 2.75) is 39.4 Å². The fourth-order valence-corrected chi connectivity index (χ4v) is 2.30. The molecule has 23 heavy (non-hydrogen) atoms. The minimum atomic E-state index is -0.349. The minimum absolute atomic E-state index is 0.154.